The van der Waals surface area contributed by atoms with Gasteiger partial charge < -0.3 is 10.2 Å². The van der Waals surface area contributed by atoms with Crippen molar-refractivity contribution in [2.24, 2.45) is 5.92 Å². The van der Waals surface area contributed by atoms with Gasteiger partial charge in [-0.3, -0.25) is 4.79 Å². The van der Waals surface area contributed by atoms with Gasteiger partial charge in [0.15, 0.2) is 0 Å². The molecule has 3 nitrogen and oxygen atoms in total. The fraction of sp³-hybridized carbons (Fsp3) is 0.632. The van der Waals surface area contributed by atoms with Crippen LogP contribution >= 0.6 is 0 Å². The first kappa shape index (κ1) is 17.0. The summed E-state index contributed by atoms with van der Waals surface area (Å²) < 4.78 is 0. The van der Waals surface area contributed by atoms with E-state index in [1.165, 1.54) is 5.56 Å². The molecule has 1 aliphatic rings. The van der Waals surface area contributed by atoms with E-state index in [2.05, 4.69) is 57.0 Å². The summed E-state index contributed by atoms with van der Waals surface area (Å²) in [6.07, 6.45) is 2.11. The maximum atomic E-state index is 12.5. The number of amides is 1. The van der Waals surface area contributed by atoms with E-state index in [0.717, 1.165) is 31.6 Å². The maximum absolute atomic E-state index is 12.5. The Labute approximate surface area is 135 Å². The molecule has 1 aromatic rings. The third kappa shape index (κ3) is 4.33. The van der Waals surface area contributed by atoms with Crippen LogP contribution in [-0.2, 0) is 10.2 Å². The van der Waals surface area contributed by atoms with Crippen LogP contribution in [0.1, 0.15) is 53.0 Å². The number of piperidine rings is 1. The Morgan fingerprint density at radius 3 is 2.41 bits per heavy atom. The number of likely N-dealkylation sites (tertiary alicyclic amines) is 1. The number of carbonyl (C=O) groups is 1. The van der Waals surface area contributed by atoms with Crippen LogP contribution in [0.2, 0.25) is 0 Å². The van der Waals surface area contributed by atoms with Crippen LogP contribution in [0.4, 0.5) is 5.69 Å². The number of hydrogen-bond donors (Lipinski definition) is 1. The molecule has 1 saturated heterocycles. The van der Waals surface area contributed by atoms with Crippen molar-refractivity contribution in [3.63, 3.8) is 0 Å². The normalized spacial score (nSPS) is 20.2. The van der Waals surface area contributed by atoms with Gasteiger partial charge in [0.05, 0.1) is 5.92 Å². The van der Waals surface area contributed by atoms with Gasteiger partial charge in [-0.2, -0.15) is 0 Å². The summed E-state index contributed by atoms with van der Waals surface area (Å²) >= 11 is 0. The first-order valence-corrected chi connectivity index (χ1v) is 8.43. The van der Waals surface area contributed by atoms with Crippen molar-refractivity contribution in [2.45, 2.75) is 58.9 Å². The lowest BCUT2D eigenvalue weighted by Gasteiger charge is -2.34. The molecular weight excluding hydrogens is 272 g/mol. The molecule has 0 aromatic heterocycles. The number of nitrogens with zero attached hydrogens (tertiary/aromatic N) is 1. The zero-order valence-electron chi connectivity index (χ0n) is 14.6. The standard InChI is InChI=1S/C19H30N2O/c1-14(2)21-12-6-7-15(13-21)18(22)20-17-10-8-16(9-11-17)19(3,4)5/h8-11,14-15H,6-7,12-13H2,1-5H3,(H,20,22)/t15-/m1/s1. The lowest BCUT2D eigenvalue weighted by Crippen LogP contribution is -2.43. The molecule has 1 atom stereocenters. The number of nitrogens with one attached hydrogen (secondary N) is 1. The average Bonchev–Trinajstić information content (AvgIpc) is 2.47. The Hall–Kier alpha value is -1.35. The molecule has 1 aliphatic heterocycles. The van der Waals surface area contributed by atoms with Gasteiger partial charge in [-0.15, -0.1) is 0 Å². The van der Waals surface area contributed by atoms with E-state index < -0.39 is 0 Å². The molecule has 1 heterocycles. The van der Waals surface area contributed by atoms with Crippen LogP contribution in [0.3, 0.4) is 0 Å². The zero-order valence-corrected chi connectivity index (χ0v) is 14.6. The molecule has 2 rings (SSSR count). The summed E-state index contributed by atoms with van der Waals surface area (Å²) in [7, 11) is 0. The highest BCUT2D eigenvalue weighted by molar-refractivity contribution is 5.92. The lowest BCUT2D eigenvalue weighted by molar-refractivity contribution is -0.121. The lowest BCUT2D eigenvalue weighted by atomic mass is 9.87. The summed E-state index contributed by atoms with van der Waals surface area (Å²) in [6, 6.07) is 8.76. The highest BCUT2D eigenvalue weighted by Crippen LogP contribution is 2.24. The Bertz CT molecular complexity index is 499. The maximum Gasteiger partial charge on any atom is 0.228 e. The van der Waals surface area contributed by atoms with Gasteiger partial charge in [-0.25, -0.2) is 0 Å². The highest BCUT2D eigenvalue weighted by Gasteiger charge is 2.27. The van der Waals surface area contributed by atoms with Crippen molar-refractivity contribution < 1.29 is 4.79 Å². The second-order valence-corrected chi connectivity index (χ2v) is 7.74. The molecule has 1 aromatic carbocycles. The second-order valence-electron chi connectivity index (χ2n) is 7.74. The summed E-state index contributed by atoms with van der Waals surface area (Å²) in [5, 5.41) is 3.08. The molecule has 1 fully saturated rings. The van der Waals surface area contributed by atoms with Crippen molar-refractivity contribution in [1.82, 2.24) is 4.90 Å². The van der Waals surface area contributed by atoms with Gasteiger partial charge in [0, 0.05) is 18.3 Å². The highest BCUT2D eigenvalue weighted by atomic mass is 16.1. The van der Waals surface area contributed by atoms with E-state index in [0.29, 0.717) is 6.04 Å². The van der Waals surface area contributed by atoms with Crippen molar-refractivity contribution in [2.75, 3.05) is 18.4 Å². The molecular formula is C19H30N2O. The molecule has 3 heteroatoms. The van der Waals surface area contributed by atoms with E-state index in [1.54, 1.807) is 0 Å². The monoisotopic (exact) mass is 302 g/mol. The fourth-order valence-electron chi connectivity index (χ4n) is 2.99. The van der Waals surface area contributed by atoms with Crippen molar-refractivity contribution in [1.29, 1.82) is 0 Å². The minimum atomic E-state index is 0.110. The van der Waals surface area contributed by atoms with Gasteiger partial charge in [-0.05, 0) is 56.3 Å². The van der Waals surface area contributed by atoms with Gasteiger partial charge in [0.1, 0.15) is 0 Å². The van der Waals surface area contributed by atoms with E-state index in [-0.39, 0.29) is 17.2 Å². The smallest absolute Gasteiger partial charge is 0.228 e. The molecule has 0 bridgehead atoms. The number of carbonyl (C=O) groups excluding carboxylic acids is 1. The molecule has 22 heavy (non-hydrogen) atoms. The summed E-state index contributed by atoms with van der Waals surface area (Å²) in [6.45, 7) is 13.0. The minimum Gasteiger partial charge on any atom is -0.326 e. The Morgan fingerprint density at radius 2 is 1.86 bits per heavy atom. The van der Waals surface area contributed by atoms with Crippen LogP contribution < -0.4 is 5.32 Å². The zero-order chi connectivity index (χ0) is 16.3. The van der Waals surface area contributed by atoms with Crippen molar-refractivity contribution in [3.05, 3.63) is 29.8 Å². The van der Waals surface area contributed by atoms with E-state index >= 15 is 0 Å². The Balaban J connectivity index is 1.97. The van der Waals surface area contributed by atoms with E-state index in [4.69, 9.17) is 0 Å². The average molecular weight is 302 g/mol. The number of anilines is 1. The molecule has 0 unspecified atom stereocenters. The third-order valence-corrected chi connectivity index (χ3v) is 4.57. The molecule has 1 N–H and O–H groups in total. The van der Waals surface area contributed by atoms with Crippen LogP contribution in [-0.4, -0.2) is 29.9 Å². The van der Waals surface area contributed by atoms with Gasteiger partial charge in [0.2, 0.25) is 5.91 Å². The first-order chi connectivity index (χ1) is 10.3. The Morgan fingerprint density at radius 1 is 1.23 bits per heavy atom. The SMILES string of the molecule is CC(C)N1CCC[C@@H](C(=O)Nc2ccc(C(C)(C)C)cc2)C1. The second kappa shape index (κ2) is 6.82. The topological polar surface area (TPSA) is 32.3 Å². The van der Waals surface area contributed by atoms with Crippen LogP contribution in [0.15, 0.2) is 24.3 Å². The van der Waals surface area contributed by atoms with E-state index in [1.807, 2.05) is 12.1 Å². The summed E-state index contributed by atoms with van der Waals surface area (Å²) in [5.74, 6) is 0.271. The van der Waals surface area contributed by atoms with Gasteiger partial charge in [-0.1, -0.05) is 32.9 Å². The first-order valence-electron chi connectivity index (χ1n) is 8.43. The molecule has 1 amide bonds. The van der Waals surface area contributed by atoms with Crippen LogP contribution in [0, 0.1) is 5.92 Å². The van der Waals surface area contributed by atoms with Crippen molar-refractivity contribution >= 4 is 11.6 Å². The summed E-state index contributed by atoms with van der Waals surface area (Å²) in [4.78, 5) is 14.9. The number of rotatable bonds is 3. The van der Waals surface area contributed by atoms with Gasteiger partial charge in [0.25, 0.3) is 0 Å². The number of hydrogen-bond acceptors (Lipinski definition) is 2. The summed E-state index contributed by atoms with van der Waals surface area (Å²) in [5.41, 5.74) is 2.33. The molecule has 0 aliphatic carbocycles. The largest absolute Gasteiger partial charge is 0.326 e. The quantitative estimate of drug-likeness (QED) is 0.914. The van der Waals surface area contributed by atoms with Gasteiger partial charge >= 0.3 is 0 Å². The van der Waals surface area contributed by atoms with E-state index in [9.17, 15) is 4.79 Å². The predicted molar refractivity (Wildman–Crippen MR) is 93.2 cm³/mol. The Kier molecular flexibility index (Phi) is 5.28. The third-order valence-electron chi connectivity index (χ3n) is 4.57. The predicted octanol–water partition coefficient (Wildman–Crippen LogP) is 4.04. The minimum absolute atomic E-state index is 0.110. The molecule has 0 radical (unpaired) electrons. The molecule has 0 saturated carbocycles. The van der Waals surface area contributed by atoms with Crippen LogP contribution in [0.25, 0.3) is 0 Å². The van der Waals surface area contributed by atoms with Crippen molar-refractivity contribution in [3.8, 4) is 0 Å². The molecule has 122 valence electrons. The van der Waals surface area contributed by atoms with Crippen LogP contribution in [0.5, 0.6) is 0 Å². The molecule has 0 spiro atoms. The number of benzene rings is 1. The fourth-order valence-corrected chi connectivity index (χ4v) is 2.99.